The molecule has 0 aliphatic heterocycles. The Morgan fingerprint density at radius 3 is 3.00 bits per heavy atom. The number of fused-ring (bicyclic) bond motifs is 1. The summed E-state index contributed by atoms with van der Waals surface area (Å²) in [5.41, 5.74) is 1.22. The zero-order chi connectivity index (χ0) is 10.1. The van der Waals surface area contributed by atoms with E-state index in [9.17, 15) is 4.79 Å². The highest BCUT2D eigenvalue weighted by molar-refractivity contribution is 5.94. The van der Waals surface area contributed by atoms with Gasteiger partial charge in [-0.1, -0.05) is 12.7 Å². The molecule has 0 spiro atoms. The van der Waals surface area contributed by atoms with E-state index in [4.69, 9.17) is 5.11 Å². The largest absolute Gasteiger partial charge is 0.477 e. The summed E-state index contributed by atoms with van der Waals surface area (Å²) < 4.78 is 1.42. The summed E-state index contributed by atoms with van der Waals surface area (Å²) in [7, 11) is 0. The molecule has 0 aliphatic rings. The van der Waals surface area contributed by atoms with Crippen molar-refractivity contribution < 1.29 is 9.90 Å². The Morgan fingerprint density at radius 2 is 2.36 bits per heavy atom. The van der Waals surface area contributed by atoms with Crippen molar-refractivity contribution >= 4 is 17.7 Å². The van der Waals surface area contributed by atoms with Crippen molar-refractivity contribution in [3.05, 3.63) is 36.3 Å². The lowest BCUT2D eigenvalue weighted by Gasteiger charge is -1.95. The number of hydrogen-bond donors (Lipinski definition) is 1. The van der Waals surface area contributed by atoms with E-state index in [1.54, 1.807) is 18.5 Å². The highest BCUT2D eigenvalue weighted by atomic mass is 16.4. The molecular formula is C9H7N3O2. The molecule has 0 bridgehead atoms. The van der Waals surface area contributed by atoms with Crippen LogP contribution in [0.4, 0.5) is 0 Å². The molecule has 0 unspecified atom stereocenters. The first-order chi connectivity index (χ1) is 6.72. The zero-order valence-corrected chi connectivity index (χ0v) is 7.21. The molecular weight excluding hydrogens is 182 g/mol. The smallest absolute Gasteiger partial charge is 0.341 e. The van der Waals surface area contributed by atoms with Crippen molar-refractivity contribution in [2.75, 3.05) is 0 Å². The Morgan fingerprint density at radius 1 is 1.57 bits per heavy atom. The highest BCUT2D eigenvalue weighted by Gasteiger charge is 2.11. The summed E-state index contributed by atoms with van der Waals surface area (Å²) in [5, 5.41) is 12.7. The van der Waals surface area contributed by atoms with E-state index in [0.717, 1.165) is 5.56 Å². The second-order valence-electron chi connectivity index (χ2n) is 2.72. The first kappa shape index (κ1) is 8.43. The van der Waals surface area contributed by atoms with Gasteiger partial charge in [0.1, 0.15) is 5.56 Å². The van der Waals surface area contributed by atoms with Crippen molar-refractivity contribution in [1.82, 2.24) is 14.6 Å². The van der Waals surface area contributed by atoms with Crippen molar-refractivity contribution in [1.29, 1.82) is 0 Å². The van der Waals surface area contributed by atoms with Gasteiger partial charge in [0.05, 0.1) is 6.20 Å². The lowest BCUT2D eigenvalue weighted by Crippen LogP contribution is -1.97. The van der Waals surface area contributed by atoms with Crippen LogP contribution in [0.25, 0.3) is 11.7 Å². The Bertz CT molecular complexity index is 516. The lowest BCUT2D eigenvalue weighted by molar-refractivity contribution is 0.0699. The summed E-state index contributed by atoms with van der Waals surface area (Å²) in [4.78, 5) is 14.7. The molecule has 70 valence electrons. The summed E-state index contributed by atoms with van der Waals surface area (Å²) in [6.45, 7) is 3.58. The van der Waals surface area contributed by atoms with Gasteiger partial charge in [-0.15, -0.1) is 0 Å². The Labute approximate surface area is 79.3 Å². The number of carboxylic acid groups (broad SMARTS) is 1. The molecule has 14 heavy (non-hydrogen) atoms. The topological polar surface area (TPSA) is 67.5 Å². The summed E-state index contributed by atoms with van der Waals surface area (Å²) in [5.74, 6) is -1.03. The molecule has 2 aromatic rings. The van der Waals surface area contributed by atoms with Gasteiger partial charge in [0.25, 0.3) is 0 Å². The molecule has 0 saturated carbocycles. The average Bonchev–Trinajstić information content (AvgIpc) is 2.59. The van der Waals surface area contributed by atoms with Crippen LogP contribution in [0.3, 0.4) is 0 Å². The molecule has 0 saturated heterocycles. The van der Waals surface area contributed by atoms with Gasteiger partial charge >= 0.3 is 5.97 Å². The molecule has 0 fully saturated rings. The fraction of sp³-hybridized carbons (Fsp3) is 0. The number of aromatic carboxylic acids is 1. The molecule has 0 atom stereocenters. The lowest BCUT2D eigenvalue weighted by atomic mass is 10.3. The molecule has 2 rings (SSSR count). The van der Waals surface area contributed by atoms with E-state index in [2.05, 4.69) is 16.7 Å². The molecule has 5 heteroatoms. The molecule has 0 amide bonds. The van der Waals surface area contributed by atoms with Crippen LogP contribution in [0.5, 0.6) is 0 Å². The first-order valence-electron chi connectivity index (χ1n) is 3.91. The number of rotatable bonds is 2. The summed E-state index contributed by atoms with van der Waals surface area (Å²) in [6.07, 6.45) is 6.12. The van der Waals surface area contributed by atoms with Gasteiger partial charge in [-0.05, 0) is 0 Å². The van der Waals surface area contributed by atoms with Crippen LogP contribution in [0.15, 0.2) is 25.2 Å². The third-order valence-electron chi connectivity index (χ3n) is 1.84. The van der Waals surface area contributed by atoms with Gasteiger partial charge in [-0.2, -0.15) is 5.10 Å². The van der Waals surface area contributed by atoms with Crippen molar-refractivity contribution in [2.24, 2.45) is 0 Å². The van der Waals surface area contributed by atoms with Crippen molar-refractivity contribution in [3.8, 4) is 0 Å². The zero-order valence-electron chi connectivity index (χ0n) is 7.21. The van der Waals surface area contributed by atoms with E-state index >= 15 is 0 Å². The van der Waals surface area contributed by atoms with E-state index in [1.165, 1.54) is 10.7 Å². The molecule has 2 heterocycles. The van der Waals surface area contributed by atoms with Gasteiger partial charge in [0.2, 0.25) is 0 Å². The monoisotopic (exact) mass is 189 g/mol. The number of aromatic nitrogens is 3. The SMILES string of the molecule is C=Cc1cnc2c(C(=O)O)cnn2c1. The maximum atomic E-state index is 10.7. The van der Waals surface area contributed by atoms with Crippen LogP contribution in [0, 0.1) is 0 Å². The minimum absolute atomic E-state index is 0.0978. The number of hydrogen-bond acceptors (Lipinski definition) is 3. The van der Waals surface area contributed by atoms with Crippen molar-refractivity contribution in [2.45, 2.75) is 0 Å². The Hall–Kier alpha value is -2.17. The quantitative estimate of drug-likeness (QED) is 0.767. The standard InChI is InChI=1S/C9H7N3O2/c1-2-6-3-10-8-7(9(13)14)4-11-12(8)5-6/h2-5H,1H2,(H,13,14). The van der Waals surface area contributed by atoms with Crippen molar-refractivity contribution in [3.63, 3.8) is 0 Å². The predicted octanol–water partition coefficient (Wildman–Crippen LogP) is 1.07. The summed E-state index contributed by atoms with van der Waals surface area (Å²) in [6, 6.07) is 0. The third kappa shape index (κ3) is 1.15. The number of carboxylic acids is 1. The fourth-order valence-electron chi connectivity index (χ4n) is 1.15. The van der Waals surface area contributed by atoms with Gasteiger partial charge in [-0.25, -0.2) is 14.3 Å². The normalized spacial score (nSPS) is 10.3. The maximum Gasteiger partial charge on any atom is 0.341 e. The van der Waals surface area contributed by atoms with Crippen LogP contribution in [0.2, 0.25) is 0 Å². The van der Waals surface area contributed by atoms with E-state index < -0.39 is 5.97 Å². The number of nitrogens with zero attached hydrogens (tertiary/aromatic N) is 3. The molecule has 0 aromatic carbocycles. The van der Waals surface area contributed by atoms with Gasteiger partial charge in [-0.3, -0.25) is 0 Å². The average molecular weight is 189 g/mol. The van der Waals surface area contributed by atoms with Gasteiger partial charge in [0, 0.05) is 18.0 Å². The van der Waals surface area contributed by atoms with E-state index in [1.807, 2.05) is 0 Å². The maximum absolute atomic E-state index is 10.7. The predicted molar refractivity (Wildman–Crippen MR) is 50.0 cm³/mol. The number of carbonyl (C=O) groups is 1. The fourth-order valence-corrected chi connectivity index (χ4v) is 1.15. The minimum atomic E-state index is -1.03. The second kappa shape index (κ2) is 2.95. The molecule has 0 radical (unpaired) electrons. The van der Waals surface area contributed by atoms with Gasteiger partial charge < -0.3 is 5.11 Å². The van der Waals surface area contributed by atoms with Gasteiger partial charge in [0.15, 0.2) is 5.65 Å². The van der Waals surface area contributed by atoms with Crippen LogP contribution < -0.4 is 0 Å². The summed E-state index contributed by atoms with van der Waals surface area (Å²) >= 11 is 0. The molecule has 1 N–H and O–H groups in total. The second-order valence-corrected chi connectivity index (χ2v) is 2.72. The van der Waals surface area contributed by atoms with E-state index in [0.29, 0.717) is 5.65 Å². The van der Waals surface area contributed by atoms with Crippen LogP contribution >= 0.6 is 0 Å². The first-order valence-corrected chi connectivity index (χ1v) is 3.91. The van der Waals surface area contributed by atoms with Crippen LogP contribution in [-0.4, -0.2) is 25.7 Å². The highest BCUT2D eigenvalue weighted by Crippen LogP contribution is 2.08. The molecule has 0 aliphatic carbocycles. The van der Waals surface area contributed by atoms with E-state index in [-0.39, 0.29) is 5.56 Å². The Kier molecular flexibility index (Phi) is 1.78. The third-order valence-corrected chi connectivity index (χ3v) is 1.84. The minimum Gasteiger partial charge on any atom is -0.477 e. The molecule has 2 aromatic heterocycles. The van der Waals surface area contributed by atoms with Crippen LogP contribution in [-0.2, 0) is 0 Å². The van der Waals surface area contributed by atoms with Crippen LogP contribution in [0.1, 0.15) is 15.9 Å². The molecule has 5 nitrogen and oxygen atoms in total. The Balaban J connectivity index is 2.71.